The van der Waals surface area contributed by atoms with Gasteiger partial charge in [-0.25, -0.2) is 9.18 Å². The first-order chi connectivity index (χ1) is 15.7. The average molecular weight is 462 g/mol. The highest BCUT2D eigenvalue weighted by atomic mass is 19.1. The van der Waals surface area contributed by atoms with E-state index < -0.39 is 6.23 Å². The molecule has 0 saturated carbocycles. The molecule has 1 aromatic carbocycles. The SMILES string of the molecule is CC(C)CC1=CC(C(O)N2CCN(C(=O)NC(C)C)CC2)CC[C@H]1OCc1ccc(F)cc1. The van der Waals surface area contributed by atoms with Gasteiger partial charge in [-0.3, -0.25) is 4.90 Å². The molecule has 3 rings (SSSR count). The minimum absolute atomic E-state index is 0.0254. The Morgan fingerprint density at radius 2 is 1.79 bits per heavy atom. The smallest absolute Gasteiger partial charge is 0.317 e. The van der Waals surface area contributed by atoms with E-state index in [2.05, 4.69) is 30.1 Å². The molecule has 1 aliphatic heterocycles. The number of carbonyl (C=O) groups is 1. The number of carbonyl (C=O) groups excluding carboxylic acids is 1. The highest BCUT2D eigenvalue weighted by Gasteiger charge is 2.33. The second-order valence-corrected chi connectivity index (χ2v) is 10.0. The molecule has 2 amide bonds. The second-order valence-electron chi connectivity index (χ2n) is 10.0. The third-order valence-electron chi connectivity index (χ3n) is 6.38. The molecule has 6 nitrogen and oxygen atoms in total. The van der Waals surface area contributed by atoms with Crippen molar-refractivity contribution in [3.8, 4) is 0 Å². The Labute approximate surface area is 197 Å². The number of aliphatic hydroxyl groups is 1. The Balaban J connectivity index is 1.58. The Morgan fingerprint density at radius 1 is 1.12 bits per heavy atom. The van der Waals surface area contributed by atoms with Gasteiger partial charge in [-0.05, 0) is 62.3 Å². The summed E-state index contributed by atoms with van der Waals surface area (Å²) in [6.45, 7) is 11.3. The molecule has 3 atom stereocenters. The molecule has 1 saturated heterocycles. The van der Waals surface area contributed by atoms with E-state index in [1.807, 2.05) is 18.7 Å². The summed E-state index contributed by atoms with van der Waals surface area (Å²) >= 11 is 0. The summed E-state index contributed by atoms with van der Waals surface area (Å²) in [5.74, 6) is 0.308. The van der Waals surface area contributed by atoms with Crippen LogP contribution in [0, 0.1) is 17.7 Å². The monoisotopic (exact) mass is 461 g/mol. The summed E-state index contributed by atoms with van der Waals surface area (Å²) in [4.78, 5) is 16.2. The molecule has 2 unspecified atom stereocenters. The lowest BCUT2D eigenvalue weighted by Crippen LogP contribution is -2.56. The summed E-state index contributed by atoms with van der Waals surface area (Å²) in [5.41, 5.74) is 2.21. The van der Waals surface area contributed by atoms with Crippen molar-refractivity contribution in [3.63, 3.8) is 0 Å². The van der Waals surface area contributed by atoms with Crippen molar-refractivity contribution in [1.82, 2.24) is 15.1 Å². The predicted molar refractivity (Wildman–Crippen MR) is 128 cm³/mol. The minimum Gasteiger partial charge on any atom is -0.378 e. The number of hydrogen-bond donors (Lipinski definition) is 2. The van der Waals surface area contributed by atoms with Crippen molar-refractivity contribution in [1.29, 1.82) is 0 Å². The van der Waals surface area contributed by atoms with Gasteiger partial charge in [0.05, 0.1) is 12.7 Å². The number of benzene rings is 1. The number of rotatable bonds is 8. The second kappa shape index (κ2) is 12.0. The van der Waals surface area contributed by atoms with Crippen molar-refractivity contribution < 1.29 is 19.0 Å². The molecule has 33 heavy (non-hydrogen) atoms. The summed E-state index contributed by atoms with van der Waals surface area (Å²) in [7, 11) is 0. The number of halogens is 1. The van der Waals surface area contributed by atoms with Crippen LogP contribution in [-0.2, 0) is 11.3 Å². The van der Waals surface area contributed by atoms with E-state index >= 15 is 0 Å². The van der Waals surface area contributed by atoms with Crippen molar-refractivity contribution in [2.45, 2.75) is 71.9 Å². The Kier molecular flexibility index (Phi) is 9.29. The van der Waals surface area contributed by atoms with E-state index in [0.717, 1.165) is 24.8 Å². The van der Waals surface area contributed by atoms with Crippen LogP contribution in [0.3, 0.4) is 0 Å². The zero-order chi connectivity index (χ0) is 24.0. The first kappa shape index (κ1) is 25.7. The predicted octanol–water partition coefficient (Wildman–Crippen LogP) is 4.15. The van der Waals surface area contributed by atoms with Crippen molar-refractivity contribution in [3.05, 3.63) is 47.3 Å². The molecule has 0 bridgehead atoms. The Bertz CT molecular complexity index is 788. The third kappa shape index (κ3) is 7.52. The van der Waals surface area contributed by atoms with Gasteiger partial charge in [0.1, 0.15) is 12.0 Å². The molecule has 184 valence electrons. The molecule has 1 heterocycles. The summed E-state index contributed by atoms with van der Waals surface area (Å²) in [6, 6.07) is 6.53. The maximum absolute atomic E-state index is 13.2. The lowest BCUT2D eigenvalue weighted by atomic mass is 9.83. The van der Waals surface area contributed by atoms with Crippen molar-refractivity contribution >= 4 is 6.03 Å². The number of ether oxygens (including phenoxy) is 1. The molecule has 0 aromatic heterocycles. The number of aliphatic hydroxyl groups excluding tert-OH is 1. The highest BCUT2D eigenvalue weighted by molar-refractivity contribution is 5.74. The Hall–Kier alpha value is -1.96. The van der Waals surface area contributed by atoms with Gasteiger partial charge in [0.25, 0.3) is 0 Å². The lowest BCUT2D eigenvalue weighted by Gasteiger charge is -2.41. The topological polar surface area (TPSA) is 65.0 Å². The van der Waals surface area contributed by atoms with Crippen LogP contribution in [0.1, 0.15) is 52.5 Å². The highest BCUT2D eigenvalue weighted by Crippen LogP contribution is 2.33. The zero-order valence-corrected chi connectivity index (χ0v) is 20.5. The normalized spacial score (nSPS) is 23.0. The van der Waals surface area contributed by atoms with Gasteiger partial charge in [0, 0.05) is 38.1 Å². The van der Waals surface area contributed by atoms with Gasteiger partial charge in [-0.2, -0.15) is 0 Å². The van der Waals surface area contributed by atoms with Crippen molar-refractivity contribution in [2.75, 3.05) is 26.2 Å². The number of hydrogen-bond acceptors (Lipinski definition) is 4. The quantitative estimate of drug-likeness (QED) is 0.571. The number of urea groups is 1. The van der Waals surface area contributed by atoms with Crippen LogP contribution in [0.15, 0.2) is 35.9 Å². The largest absolute Gasteiger partial charge is 0.378 e. The maximum Gasteiger partial charge on any atom is 0.317 e. The molecule has 1 fully saturated rings. The van der Waals surface area contributed by atoms with E-state index in [1.54, 1.807) is 12.1 Å². The molecule has 1 aliphatic carbocycles. The van der Waals surface area contributed by atoms with E-state index in [0.29, 0.717) is 38.7 Å². The average Bonchev–Trinajstić information content (AvgIpc) is 2.78. The van der Waals surface area contributed by atoms with Crippen LogP contribution in [0.4, 0.5) is 9.18 Å². The van der Waals surface area contributed by atoms with Crippen LogP contribution in [0.25, 0.3) is 0 Å². The molecule has 7 heteroatoms. The van der Waals surface area contributed by atoms with E-state index in [9.17, 15) is 14.3 Å². The fourth-order valence-corrected chi connectivity index (χ4v) is 4.67. The number of nitrogens with one attached hydrogen (secondary N) is 1. The molecule has 0 spiro atoms. The summed E-state index contributed by atoms with van der Waals surface area (Å²) in [6.07, 6.45) is 4.34. The van der Waals surface area contributed by atoms with Gasteiger partial charge in [-0.15, -0.1) is 0 Å². The van der Waals surface area contributed by atoms with Gasteiger partial charge in [0.2, 0.25) is 0 Å². The van der Waals surface area contributed by atoms with Gasteiger partial charge < -0.3 is 20.1 Å². The van der Waals surface area contributed by atoms with E-state index in [4.69, 9.17) is 4.74 Å². The fraction of sp³-hybridized carbons (Fsp3) is 0.654. The maximum atomic E-state index is 13.2. The molecule has 2 N–H and O–H groups in total. The van der Waals surface area contributed by atoms with Crippen LogP contribution in [-0.4, -0.2) is 65.5 Å². The number of piperazine rings is 1. The first-order valence-corrected chi connectivity index (χ1v) is 12.3. The van der Waals surface area contributed by atoms with Gasteiger partial charge >= 0.3 is 6.03 Å². The van der Waals surface area contributed by atoms with Crippen molar-refractivity contribution in [2.24, 2.45) is 11.8 Å². The van der Waals surface area contributed by atoms with Crippen LogP contribution in [0.2, 0.25) is 0 Å². The standard InChI is InChI=1S/C26H40FN3O3/c1-18(2)15-22-16-21(7-10-24(22)33-17-20-5-8-23(27)9-6-20)25(31)29-11-13-30(14-12-29)26(32)28-19(3)4/h5-6,8-9,16,18-19,21,24-25,31H,7,10-15,17H2,1-4H3,(H,28,32)/t21?,24-,25?/m1/s1. The Morgan fingerprint density at radius 3 is 2.39 bits per heavy atom. The van der Waals surface area contributed by atoms with Gasteiger partial charge in [-0.1, -0.05) is 32.1 Å². The molecule has 0 radical (unpaired) electrons. The fourth-order valence-electron chi connectivity index (χ4n) is 4.67. The van der Waals surface area contributed by atoms with E-state index in [-0.39, 0.29) is 29.9 Å². The number of nitrogens with zero attached hydrogens (tertiary/aromatic N) is 2. The van der Waals surface area contributed by atoms with Gasteiger partial charge in [0.15, 0.2) is 0 Å². The van der Waals surface area contributed by atoms with Crippen LogP contribution < -0.4 is 5.32 Å². The third-order valence-corrected chi connectivity index (χ3v) is 6.38. The van der Waals surface area contributed by atoms with Crippen LogP contribution >= 0.6 is 0 Å². The number of amides is 2. The first-order valence-electron chi connectivity index (χ1n) is 12.3. The molecule has 2 aliphatic rings. The minimum atomic E-state index is -0.555. The van der Waals surface area contributed by atoms with E-state index in [1.165, 1.54) is 17.7 Å². The molecular formula is C26H40FN3O3. The zero-order valence-electron chi connectivity index (χ0n) is 20.5. The van der Waals surface area contributed by atoms with Crippen LogP contribution in [0.5, 0.6) is 0 Å². The summed E-state index contributed by atoms with van der Waals surface area (Å²) in [5, 5.41) is 14.1. The molecule has 1 aromatic rings. The lowest BCUT2D eigenvalue weighted by molar-refractivity contribution is -0.0541. The summed E-state index contributed by atoms with van der Waals surface area (Å²) < 4.78 is 19.4. The molecular weight excluding hydrogens is 421 g/mol.